The summed E-state index contributed by atoms with van der Waals surface area (Å²) in [4.78, 5) is 38.2. The maximum atomic E-state index is 12.7. The number of anilines is 1. The molecule has 3 rings (SSSR count). The minimum absolute atomic E-state index is 0.0505. The first-order valence-electron chi connectivity index (χ1n) is 8.86. The Bertz CT molecular complexity index is 864. The Hall–Kier alpha value is -3.15. The Kier molecular flexibility index (Phi) is 5.54. The highest BCUT2D eigenvalue weighted by atomic mass is 16.6. The molecule has 2 aromatic carbocycles. The van der Waals surface area contributed by atoms with E-state index in [4.69, 9.17) is 4.74 Å². The fraction of sp³-hybridized carbons (Fsp3) is 0.286. The lowest BCUT2D eigenvalue weighted by atomic mass is 10.1. The number of carbonyl (C=O) groups is 3. The van der Waals surface area contributed by atoms with Crippen molar-refractivity contribution in [3.8, 4) is 0 Å². The molecule has 6 heteroatoms. The molecule has 0 radical (unpaired) electrons. The highest BCUT2D eigenvalue weighted by Gasteiger charge is 2.41. The summed E-state index contributed by atoms with van der Waals surface area (Å²) in [6.07, 6.45) is -0.358. The van der Waals surface area contributed by atoms with Crippen LogP contribution < -0.4 is 5.32 Å². The quantitative estimate of drug-likeness (QED) is 0.897. The van der Waals surface area contributed by atoms with Gasteiger partial charge in [-0.1, -0.05) is 48.0 Å². The van der Waals surface area contributed by atoms with Crippen molar-refractivity contribution in [1.82, 2.24) is 4.90 Å². The zero-order valence-electron chi connectivity index (χ0n) is 15.4. The Balaban J connectivity index is 1.67. The number of nitrogens with zero attached hydrogens (tertiary/aromatic N) is 1. The summed E-state index contributed by atoms with van der Waals surface area (Å²) < 4.78 is 5.24. The Morgan fingerprint density at radius 2 is 1.89 bits per heavy atom. The van der Waals surface area contributed by atoms with Crippen molar-refractivity contribution in [1.29, 1.82) is 0 Å². The smallest absolute Gasteiger partial charge is 0.417 e. The van der Waals surface area contributed by atoms with Crippen LogP contribution >= 0.6 is 0 Å². The van der Waals surface area contributed by atoms with Crippen LogP contribution in [0.15, 0.2) is 48.5 Å². The number of aryl methyl sites for hydroxylation is 2. The highest BCUT2D eigenvalue weighted by molar-refractivity contribution is 6.04. The largest absolute Gasteiger partial charge is 0.444 e. The maximum absolute atomic E-state index is 12.7. The van der Waals surface area contributed by atoms with Gasteiger partial charge in [0.1, 0.15) is 12.6 Å². The van der Waals surface area contributed by atoms with E-state index < -0.39 is 18.0 Å². The predicted molar refractivity (Wildman–Crippen MR) is 101 cm³/mol. The van der Waals surface area contributed by atoms with Gasteiger partial charge in [0.15, 0.2) is 0 Å². The number of imide groups is 1. The van der Waals surface area contributed by atoms with Crippen LogP contribution in [0.4, 0.5) is 10.5 Å². The second kappa shape index (κ2) is 8.03. The van der Waals surface area contributed by atoms with Crippen molar-refractivity contribution in [2.24, 2.45) is 0 Å². The van der Waals surface area contributed by atoms with Crippen LogP contribution in [0.2, 0.25) is 0 Å². The molecule has 2 aromatic rings. The van der Waals surface area contributed by atoms with E-state index in [1.54, 1.807) is 0 Å². The van der Waals surface area contributed by atoms with Crippen molar-refractivity contribution in [2.45, 2.75) is 39.3 Å². The number of amides is 3. The molecule has 0 saturated carbocycles. The molecule has 3 amide bonds. The molecule has 0 aromatic heterocycles. The molecule has 1 heterocycles. The summed E-state index contributed by atoms with van der Waals surface area (Å²) in [6, 6.07) is 14.0. The number of rotatable bonds is 4. The van der Waals surface area contributed by atoms with E-state index in [0.29, 0.717) is 5.69 Å². The molecule has 140 valence electrons. The molecule has 0 unspecified atom stereocenters. The lowest BCUT2D eigenvalue weighted by Gasteiger charge is -2.22. The molecular weight excluding hydrogens is 344 g/mol. The summed E-state index contributed by atoms with van der Waals surface area (Å²) in [5.74, 6) is -0.779. The van der Waals surface area contributed by atoms with Crippen LogP contribution in [-0.4, -0.2) is 28.8 Å². The zero-order valence-corrected chi connectivity index (χ0v) is 15.4. The van der Waals surface area contributed by atoms with Gasteiger partial charge in [0.05, 0.1) is 0 Å². The SMILES string of the molecule is Cc1ccc(NC(=O)[C@@H]2CCC(=O)N2C(=O)OCc2ccccc2)c(C)c1. The minimum atomic E-state index is -0.860. The van der Waals surface area contributed by atoms with Crippen LogP contribution in [0.5, 0.6) is 0 Å². The van der Waals surface area contributed by atoms with Gasteiger partial charge in [-0.3, -0.25) is 9.59 Å². The molecule has 27 heavy (non-hydrogen) atoms. The average Bonchev–Trinajstić information content (AvgIpc) is 3.04. The van der Waals surface area contributed by atoms with Crippen molar-refractivity contribution in [3.05, 3.63) is 65.2 Å². The molecule has 0 spiro atoms. The normalized spacial score (nSPS) is 16.3. The van der Waals surface area contributed by atoms with Crippen LogP contribution in [-0.2, 0) is 20.9 Å². The Labute approximate surface area is 158 Å². The van der Waals surface area contributed by atoms with Crippen molar-refractivity contribution < 1.29 is 19.1 Å². The van der Waals surface area contributed by atoms with Gasteiger partial charge in [0.2, 0.25) is 11.8 Å². The maximum Gasteiger partial charge on any atom is 0.417 e. The van der Waals surface area contributed by atoms with E-state index >= 15 is 0 Å². The van der Waals surface area contributed by atoms with Gasteiger partial charge in [0, 0.05) is 12.1 Å². The van der Waals surface area contributed by atoms with Gasteiger partial charge in [-0.05, 0) is 37.5 Å². The Morgan fingerprint density at radius 1 is 1.15 bits per heavy atom. The second-order valence-electron chi connectivity index (χ2n) is 6.67. The van der Waals surface area contributed by atoms with E-state index in [2.05, 4.69) is 5.32 Å². The number of benzene rings is 2. The van der Waals surface area contributed by atoms with Crippen molar-refractivity contribution in [2.75, 3.05) is 5.32 Å². The van der Waals surface area contributed by atoms with Gasteiger partial charge < -0.3 is 10.1 Å². The standard InChI is InChI=1S/C21H22N2O4/c1-14-8-9-17(15(2)12-14)22-20(25)18-10-11-19(24)23(18)21(26)27-13-16-6-4-3-5-7-16/h3-9,12,18H,10-11,13H2,1-2H3,(H,22,25)/t18-/m0/s1. The third-order valence-corrected chi connectivity index (χ3v) is 4.56. The minimum Gasteiger partial charge on any atom is -0.444 e. The number of likely N-dealkylation sites (tertiary alicyclic amines) is 1. The number of hydrogen-bond acceptors (Lipinski definition) is 4. The molecule has 1 N–H and O–H groups in total. The average molecular weight is 366 g/mol. The molecule has 1 atom stereocenters. The first-order chi connectivity index (χ1) is 13.0. The van der Waals surface area contributed by atoms with Crippen LogP contribution in [0.1, 0.15) is 29.5 Å². The van der Waals surface area contributed by atoms with Crippen LogP contribution in [0.3, 0.4) is 0 Å². The summed E-state index contributed by atoms with van der Waals surface area (Å²) in [5, 5.41) is 2.82. The third-order valence-electron chi connectivity index (χ3n) is 4.56. The molecular formula is C21H22N2O4. The fourth-order valence-corrected chi connectivity index (χ4v) is 3.12. The van der Waals surface area contributed by atoms with Gasteiger partial charge in [-0.25, -0.2) is 9.69 Å². The monoisotopic (exact) mass is 366 g/mol. The molecule has 6 nitrogen and oxygen atoms in total. The number of hydrogen-bond donors (Lipinski definition) is 1. The highest BCUT2D eigenvalue weighted by Crippen LogP contribution is 2.23. The predicted octanol–water partition coefficient (Wildman–Crippen LogP) is 3.57. The fourth-order valence-electron chi connectivity index (χ4n) is 3.12. The topological polar surface area (TPSA) is 75.7 Å². The van der Waals surface area contributed by atoms with E-state index in [-0.39, 0.29) is 25.4 Å². The van der Waals surface area contributed by atoms with Gasteiger partial charge in [0.25, 0.3) is 0 Å². The Morgan fingerprint density at radius 3 is 2.59 bits per heavy atom. The van der Waals surface area contributed by atoms with E-state index in [1.165, 1.54) is 0 Å². The lowest BCUT2D eigenvalue weighted by molar-refractivity contribution is -0.131. The molecule has 0 aliphatic carbocycles. The zero-order chi connectivity index (χ0) is 19.4. The van der Waals surface area contributed by atoms with Gasteiger partial charge in [-0.2, -0.15) is 0 Å². The lowest BCUT2D eigenvalue weighted by Crippen LogP contribution is -2.45. The van der Waals surface area contributed by atoms with Gasteiger partial charge >= 0.3 is 6.09 Å². The molecule has 0 bridgehead atoms. The van der Waals surface area contributed by atoms with E-state index in [1.807, 2.05) is 62.4 Å². The number of ether oxygens (including phenoxy) is 1. The third kappa shape index (κ3) is 4.34. The summed E-state index contributed by atoms with van der Waals surface area (Å²) in [5.41, 5.74) is 3.50. The number of nitrogens with one attached hydrogen (secondary N) is 1. The first-order valence-corrected chi connectivity index (χ1v) is 8.86. The van der Waals surface area contributed by atoms with Crippen LogP contribution in [0, 0.1) is 13.8 Å². The van der Waals surface area contributed by atoms with E-state index in [9.17, 15) is 14.4 Å². The number of carbonyl (C=O) groups excluding carboxylic acids is 3. The molecule has 1 aliphatic rings. The summed E-state index contributed by atoms with van der Waals surface area (Å²) in [6.45, 7) is 3.92. The van der Waals surface area contributed by atoms with E-state index in [0.717, 1.165) is 21.6 Å². The molecule has 1 fully saturated rings. The van der Waals surface area contributed by atoms with Crippen molar-refractivity contribution in [3.63, 3.8) is 0 Å². The molecule has 1 aliphatic heterocycles. The van der Waals surface area contributed by atoms with Crippen LogP contribution in [0.25, 0.3) is 0 Å². The summed E-state index contributed by atoms with van der Waals surface area (Å²) >= 11 is 0. The van der Waals surface area contributed by atoms with Gasteiger partial charge in [-0.15, -0.1) is 0 Å². The second-order valence-corrected chi connectivity index (χ2v) is 6.67. The first kappa shape index (κ1) is 18.6. The molecule has 1 saturated heterocycles. The van der Waals surface area contributed by atoms with Crippen molar-refractivity contribution >= 4 is 23.6 Å². The summed E-state index contributed by atoms with van der Waals surface area (Å²) in [7, 11) is 0.